The van der Waals surface area contributed by atoms with Crippen molar-refractivity contribution in [1.82, 2.24) is 9.88 Å². The van der Waals surface area contributed by atoms with Crippen LogP contribution >= 0.6 is 11.8 Å². The number of thioether (sulfide) groups is 1. The summed E-state index contributed by atoms with van der Waals surface area (Å²) in [6.45, 7) is 5.55. The Balaban J connectivity index is 2.16. The SMILES string of the molecule is CCCCN1C(=O)C(CC(=O)N(C)CCC)Sc2ncccc21. The molecular weight excluding hydrogens is 310 g/mol. The Labute approximate surface area is 142 Å². The van der Waals surface area contributed by atoms with E-state index < -0.39 is 0 Å². The highest BCUT2D eigenvalue weighted by molar-refractivity contribution is 8.00. The van der Waals surface area contributed by atoms with Crippen LogP contribution < -0.4 is 4.90 Å². The Bertz CT molecular complexity index is 565. The summed E-state index contributed by atoms with van der Waals surface area (Å²) >= 11 is 1.42. The van der Waals surface area contributed by atoms with Crippen LogP contribution in [0.5, 0.6) is 0 Å². The summed E-state index contributed by atoms with van der Waals surface area (Å²) < 4.78 is 0. The number of fused-ring (bicyclic) bond motifs is 1. The lowest BCUT2D eigenvalue weighted by atomic mass is 10.2. The molecule has 0 aliphatic carbocycles. The van der Waals surface area contributed by atoms with Gasteiger partial charge in [0, 0.05) is 32.8 Å². The summed E-state index contributed by atoms with van der Waals surface area (Å²) in [5.74, 6) is 0.0507. The molecule has 0 N–H and O–H groups in total. The first-order valence-corrected chi connectivity index (χ1v) is 9.13. The fourth-order valence-electron chi connectivity index (χ4n) is 2.61. The molecule has 0 radical (unpaired) electrons. The number of aromatic nitrogens is 1. The Kier molecular flexibility index (Phi) is 6.45. The lowest BCUT2D eigenvalue weighted by Crippen LogP contribution is -2.44. The summed E-state index contributed by atoms with van der Waals surface area (Å²) in [6.07, 6.45) is 4.86. The van der Waals surface area contributed by atoms with Crippen molar-refractivity contribution in [2.45, 2.75) is 49.8 Å². The van der Waals surface area contributed by atoms with Gasteiger partial charge in [0.15, 0.2) is 0 Å². The lowest BCUT2D eigenvalue weighted by molar-refractivity contribution is -0.131. The molecule has 2 amide bonds. The van der Waals surface area contributed by atoms with Gasteiger partial charge in [0.2, 0.25) is 11.8 Å². The molecule has 5 nitrogen and oxygen atoms in total. The number of rotatable bonds is 7. The number of nitrogens with zero attached hydrogens (tertiary/aromatic N) is 3. The fraction of sp³-hybridized carbons (Fsp3) is 0.588. The van der Waals surface area contributed by atoms with E-state index in [2.05, 4.69) is 11.9 Å². The molecule has 0 fully saturated rings. The van der Waals surface area contributed by atoms with Crippen molar-refractivity contribution in [2.75, 3.05) is 25.0 Å². The lowest BCUT2D eigenvalue weighted by Gasteiger charge is -2.33. The standard InChI is InChI=1S/C17H25N3O2S/c1-4-6-11-20-13-8-7-9-18-16(13)23-14(17(20)22)12-15(21)19(3)10-5-2/h7-9,14H,4-6,10-12H2,1-3H3. The van der Waals surface area contributed by atoms with Crippen molar-refractivity contribution in [2.24, 2.45) is 0 Å². The predicted octanol–water partition coefficient (Wildman–Crippen LogP) is 2.95. The van der Waals surface area contributed by atoms with Gasteiger partial charge in [-0.15, -0.1) is 0 Å². The van der Waals surface area contributed by atoms with E-state index in [-0.39, 0.29) is 23.5 Å². The number of anilines is 1. The second-order valence-electron chi connectivity index (χ2n) is 5.80. The Morgan fingerprint density at radius 1 is 1.39 bits per heavy atom. The highest BCUT2D eigenvalue weighted by Gasteiger charge is 2.35. The number of hydrogen-bond acceptors (Lipinski definition) is 4. The zero-order valence-electron chi connectivity index (χ0n) is 14.1. The monoisotopic (exact) mass is 335 g/mol. The Hall–Kier alpha value is -1.56. The van der Waals surface area contributed by atoms with Crippen LogP contribution in [0.1, 0.15) is 39.5 Å². The van der Waals surface area contributed by atoms with Gasteiger partial charge < -0.3 is 9.80 Å². The fourth-order valence-corrected chi connectivity index (χ4v) is 3.75. The maximum atomic E-state index is 12.8. The molecule has 1 unspecified atom stereocenters. The first kappa shape index (κ1) is 17.8. The molecule has 0 saturated heterocycles. The minimum Gasteiger partial charge on any atom is -0.346 e. The molecule has 6 heteroatoms. The van der Waals surface area contributed by atoms with Crippen molar-refractivity contribution in [1.29, 1.82) is 0 Å². The first-order valence-electron chi connectivity index (χ1n) is 8.25. The van der Waals surface area contributed by atoms with Crippen LogP contribution in [0.15, 0.2) is 23.4 Å². The van der Waals surface area contributed by atoms with E-state index in [1.807, 2.05) is 19.1 Å². The topological polar surface area (TPSA) is 53.5 Å². The summed E-state index contributed by atoms with van der Waals surface area (Å²) in [5, 5.41) is 0.472. The van der Waals surface area contributed by atoms with E-state index in [0.717, 1.165) is 36.5 Å². The molecule has 1 atom stereocenters. The van der Waals surface area contributed by atoms with Crippen LogP contribution in [0, 0.1) is 0 Å². The maximum Gasteiger partial charge on any atom is 0.241 e. The number of unbranched alkanes of at least 4 members (excludes halogenated alkanes) is 1. The third-order valence-electron chi connectivity index (χ3n) is 3.92. The van der Waals surface area contributed by atoms with E-state index in [1.54, 1.807) is 23.0 Å². The van der Waals surface area contributed by atoms with E-state index in [1.165, 1.54) is 11.8 Å². The summed E-state index contributed by atoms with van der Waals surface area (Å²) in [7, 11) is 1.80. The van der Waals surface area contributed by atoms with Crippen LogP contribution in [0.2, 0.25) is 0 Å². The molecule has 1 aliphatic heterocycles. The van der Waals surface area contributed by atoms with Crippen LogP contribution in [-0.2, 0) is 9.59 Å². The van der Waals surface area contributed by atoms with Gasteiger partial charge in [0.05, 0.1) is 10.9 Å². The minimum atomic E-state index is -0.374. The molecule has 0 spiro atoms. The number of amides is 2. The van der Waals surface area contributed by atoms with Gasteiger partial charge in [-0.1, -0.05) is 32.0 Å². The molecule has 126 valence electrons. The zero-order valence-corrected chi connectivity index (χ0v) is 14.9. The first-order chi connectivity index (χ1) is 11.1. The molecule has 2 heterocycles. The molecule has 2 rings (SSSR count). The van der Waals surface area contributed by atoms with Gasteiger partial charge in [0.25, 0.3) is 0 Å². The summed E-state index contributed by atoms with van der Waals surface area (Å²) in [4.78, 5) is 33.0. The van der Waals surface area contributed by atoms with Crippen molar-refractivity contribution < 1.29 is 9.59 Å². The second kappa shape index (κ2) is 8.34. The smallest absolute Gasteiger partial charge is 0.241 e. The van der Waals surface area contributed by atoms with E-state index >= 15 is 0 Å². The normalized spacial score (nSPS) is 17.1. The second-order valence-corrected chi connectivity index (χ2v) is 6.99. The van der Waals surface area contributed by atoms with Crippen LogP contribution in [0.4, 0.5) is 5.69 Å². The summed E-state index contributed by atoms with van der Waals surface area (Å²) in [5.41, 5.74) is 0.876. The predicted molar refractivity (Wildman–Crippen MR) is 93.7 cm³/mol. The number of carbonyl (C=O) groups is 2. The average molecular weight is 335 g/mol. The molecule has 1 aliphatic rings. The number of hydrogen-bond donors (Lipinski definition) is 0. The Morgan fingerprint density at radius 2 is 2.17 bits per heavy atom. The molecule has 0 aromatic carbocycles. The molecule has 0 bridgehead atoms. The molecule has 0 saturated carbocycles. The highest BCUT2D eigenvalue weighted by atomic mass is 32.2. The van der Waals surface area contributed by atoms with Gasteiger partial charge >= 0.3 is 0 Å². The van der Waals surface area contributed by atoms with Crippen LogP contribution in [-0.4, -0.2) is 47.1 Å². The molecule has 1 aromatic heterocycles. The van der Waals surface area contributed by atoms with Crippen molar-refractivity contribution in [3.63, 3.8) is 0 Å². The van der Waals surface area contributed by atoms with Crippen molar-refractivity contribution in [3.8, 4) is 0 Å². The average Bonchev–Trinajstić information content (AvgIpc) is 2.55. The van der Waals surface area contributed by atoms with Crippen molar-refractivity contribution in [3.05, 3.63) is 18.3 Å². The van der Waals surface area contributed by atoms with Gasteiger partial charge in [-0.3, -0.25) is 9.59 Å². The summed E-state index contributed by atoms with van der Waals surface area (Å²) in [6, 6.07) is 3.79. The van der Waals surface area contributed by atoms with E-state index in [4.69, 9.17) is 0 Å². The number of carbonyl (C=O) groups excluding carboxylic acids is 2. The van der Waals surface area contributed by atoms with Crippen LogP contribution in [0.3, 0.4) is 0 Å². The van der Waals surface area contributed by atoms with Gasteiger partial charge in [-0.25, -0.2) is 4.98 Å². The van der Waals surface area contributed by atoms with Gasteiger partial charge in [-0.2, -0.15) is 0 Å². The molecule has 23 heavy (non-hydrogen) atoms. The quantitative estimate of drug-likeness (QED) is 0.769. The van der Waals surface area contributed by atoms with Gasteiger partial charge in [-0.05, 0) is 25.0 Å². The maximum absolute atomic E-state index is 12.8. The van der Waals surface area contributed by atoms with Crippen molar-refractivity contribution >= 4 is 29.3 Å². The minimum absolute atomic E-state index is 0.0209. The number of pyridine rings is 1. The Morgan fingerprint density at radius 3 is 2.87 bits per heavy atom. The van der Waals surface area contributed by atoms with E-state index in [9.17, 15) is 9.59 Å². The van der Waals surface area contributed by atoms with Crippen LogP contribution in [0.25, 0.3) is 0 Å². The molecular formula is C17H25N3O2S. The zero-order chi connectivity index (χ0) is 16.8. The van der Waals surface area contributed by atoms with E-state index in [0.29, 0.717) is 6.54 Å². The molecule has 1 aromatic rings. The third kappa shape index (κ3) is 4.25. The largest absolute Gasteiger partial charge is 0.346 e. The van der Waals surface area contributed by atoms with Gasteiger partial charge in [0.1, 0.15) is 5.03 Å². The highest BCUT2D eigenvalue weighted by Crippen LogP contribution is 2.38. The third-order valence-corrected chi connectivity index (χ3v) is 5.11.